The lowest BCUT2D eigenvalue weighted by molar-refractivity contribution is 0.414. The molecule has 0 radical (unpaired) electrons. The number of sulfone groups is 1. The van der Waals surface area contributed by atoms with Gasteiger partial charge in [-0.05, 0) is 24.6 Å². The van der Waals surface area contributed by atoms with Crippen molar-refractivity contribution in [3.63, 3.8) is 0 Å². The molecule has 6 heteroatoms. The molecule has 0 atom stereocenters. The highest BCUT2D eigenvalue weighted by Gasteiger charge is 2.15. The van der Waals surface area contributed by atoms with Crippen LogP contribution in [0.25, 0.3) is 0 Å². The summed E-state index contributed by atoms with van der Waals surface area (Å²) < 4.78 is 29.3. The molecule has 0 N–H and O–H groups in total. The summed E-state index contributed by atoms with van der Waals surface area (Å²) in [7, 11) is -1.65. The van der Waals surface area contributed by atoms with Crippen LogP contribution in [0.1, 0.15) is 16.3 Å². The first-order chi connectivity index (χ1) is 8.98. The number of thiazole rings is 1. The largest absolute Gasteiger partial charge is 0.497 e. The number of aromatic nitrogens is 1. The van der Waals surface area contributed by atoms with Gasteiger partial charge in [-0.3, -0.25) is 0 Å². The average molecular weight is 297 g/mol. The minimum absolute atomic E-state index is 0.000768. The standard InChI is InChI=1S/C13H15NO3S2/c1-10-14-12(7-18-10)9-19(15,16)8-11-4-3-5-13(6-11)17-2/h3-7H,8-9H2,1-2H3. The van der Waals surface area contributed by atoms with Crippen LogP contribution in [0, 0.1) is 6.92 Å². The zero-order valence-corrected chi connectivity index (χ0v) is 12.4. The lowest BCUT2D eigenvalue weighted by Crippen LogP contribution is -2.08. The lowest BCUT2D eigenvalue weighted by atomic mass is 10.2. The SMILES string of the molecule is COc1cccc(CS(=O)(=O)Cc2csc(C)n2)c1. The Bertz CT molecular complexity index is 662. The second-order valence-electron chi connectivity index (χ2n) is 4.24. The lowest BCUT2D eigenvalue weighted by Gasteiger charge is -2.05. The van der Waals surface area contributed by atoms with Gasteiger partial charge in [0.05, 0.1) is 29.3 Å². The van der Waals surface area contributed by atoms with Gasteiger partial charge in [0.2, 0.25) is 0 Å². The molecule has 102 valence electrons. The Hall–Kier alpha value is -1.40. The maximum Gasteiger partial charge on any atom is 0.160 e. The van der Waals surface area contributed by atoms with E-state index in [-0.39, 0.29) is 11.5 Å². The second-order valence-corrected chi connectivity index (χ2v) is 7.37. The number of hydrogen-bond acceptors (Lipinski definition) is 5. The van der Waals surface area contributed by atoms with E-state index < -0.39 is 9.84 Å². The van der Waals surface area contributed by atoms with Crippen LogP contribution in [0.15, 0.2) is 29.6 Å². The number of methoxy groups -OCH3 is 1. The third-order valence-electron chi connectivity index (χ3n) is 2.56. The van der Waals surface area contributed by atoms with Gasteiger partial charge in [-0.25, -0.2) is 13.4 Å². The molecular weight excluding hydrogens is 282 g/mol. The maximum absolute atomic E-state index is 12.1. The summed E-state index contributed by atoms with van der Waals surface area (Å²) in [5, 5.41) is 2.67. The van der Waals surface area contributed by atoms with Crippen molar-refractivity contribution in [2.24, 2.45) is 0 Å². The summed E-state index contributed by atoms with van der Waals surface area (Å²) in [6, 6.07) is 7.10. The third-order valence-corrected chi connectivity index (χ3v) is 4.89. The van der Waals surface area contributed by atoms with Crippen LogP contribution in [-0.4, -0.2) is 20.5 Å². The first-order valence-corrected chi connectivity index (χ1v) is 8.43. The van der Waals surface area contributed by atoms with E-state index in [1.807, 2.05) is 6.92 Å². The molecule has 1 aromatic heterocycles. The first kappa shape index (κ1) is 14.0. The highest BCUT2D eigenvalue weighted by atomic mass is 32.2. The predicted molar refractivity (Wildman–Crippen MR) is 76.2 cm³/mol. The Labute approximate surface area is 117 Å². The molecule has 0 spiro atoms. The number of hydrogen-bond donors (Lipinski definition) is 0. The van der Waals surface area contributed by atoms with Crippen molar-refractivity contribution in [3.8, 4) is 5.75 Å². The van der Waals surface area contributed by atoms with Crippen LogP contribution >= 0.6 is 11.3 Å². The van der Waals surface area contributed by atoms with Gasteiger partial charge in [0, 0.05) is 5.38 Å². The van der Waals surface area contributed by atoms with E-state index in [2.05, 4.69) is 4.98 Å². The summed E-state index contributed by atoms with van der Waals surface area (Å²) in [6.45, 7) is 1.86. The summed E-state index contributed by atoms with van der Waals surface area (Å²) >= 11 is 1.46. The fourth-order valence-corrected chi connectivity index (χ4v) is 3.87. The highest BCUT2D eigenvalue weighted by molar-refractivity contribution is 7.89. The third kappa shape index (κ3) is 4.04. The van der Waals surface area contributed by atoms with Crippen molar-refractivity contribution in [2.45, 2.75) is 18.4 Å². The number of ether oxygens (including phenoxy) is 1. The van der Waals surface area contributed by atoms with E-state index in [1.165, 1.54) is 11.3 Å². The Morgan fingerprint density at radius 1 is 1.32 bits per heavy atom. The predicted octanol–water partition coefficient (Wildman–Crippen LogP) is 2.58. The monoisotopic (exact) mass is 297 g/mol. The van der Waals surface area contributed by atoms with Gasteiger partial charge in [0.15, 0.2) is 9.84 Å². The van der Waals surface area contributed by atoms with Crippen LogP contribution in [0.4, 0.5) is 0 Å². The normalized spacial score (nSPS) is 11.5. The van der Waals surface area contributed by atoms with Crippen LogP contribution in [0.5, 0.6) is 5.75 Å². The van der Waals surface area contributed by atoms with E-state index in [1.54, 1.807) is 36.8 Å². The van der Waals surface area contributed by atoms with E-state index in [9.17, 15) is 8.42 Å². The Kier molecular flexibility index (Phi) is 4.21. The molecule has 0 saturated carbocycles. The molecule has 2 rings (SSSR count). The zero-order valence-electron chi connectivity index (χ0n) is 10.8. The van der Waals surface area contributed by atoms with Crippen molar-refractivity contribution < 1.29 is 13.2 Å². The Balaban J connectivity index is 2.12. The summed E-state index contributed by atoms with van der Waals surface area (Å²) in [5.41, 5.74) is 1.34. The average Bonchev–Trinajstić information content (AvgIpc) is 2.73. The highest BCUT2D eigenvalue weighted by Crippen LogP contribution is 2.18. The molecule has 4 nitrogen and oxygen atoms in total. The maximum atomic E-state index is 12.1. The Morgan fingerprint density at radius 3 is 2.74 bits per heavy atom. The van der Waals surface area contributed by atoms with Crippen LogP contribution in [0.3, 0.4) is 0 Å². The summed E-state index contributed by atoms with van der Waals surface area (Å²) in [6.07, 6.45) is 0. The van der Waals surface area contributed by atoms with Gasteiger partial charge in [-0.15, -0.1) is 11.3 Å². The molecule has 0 bridgehead atoms. The van der Waals surface area contributed by atoms with Gasteiger partial charge in [0.25, 0.3) is 0 Å². The molecule has 0 saturated heterocycles. The molecule has 0 aliphatic heterocycles. The van der Waals surface area contributed by atoms with Crippen molar-refractivity contribution in [3.05, 3.63) is 45.9 Å². The smallest absolute Gasteiger partial charge is 0.160 e. The van der Waals surface area contributed by atoms with E-state index in [0.717, 1.165) is 10.6 Å². The number of benzene rings is 1. The first-order valence-electron chi connectivity index (χ1n) is 5.73. The van der Waals surface area contributed by atoms with Gasteiger partial charge >= 0.3 is 0 Å². The van der Waals surface area contributed by atoms with Gasteiger partial charge in [0.1, 0.15) is 5.75 Å². The van der Waals surface area contributed by atoms with Crippen molar-refractivity contribution in [1.82, 2.24) is 4.98 Å². The molecular formula is C13H15NO3S2. The quantitative estimate of drug-likeness (QED) is 0.851. The second kappa shape index (κ2) is 5.71. The van der Waals surface area contributed by atoms with Crippen LogP contribution in [-0.2, 0) is 21.3 Å². The fraction of sp³-hybridized carbons (Fsp3) is 0.308. The molecule has 19 heavy (non-hydrogen) atoms. The van der Waals surface area contributed by atoms with Gasteiger partial charge in [-0.2, -0.15) is 0 Å². The van der Waals surface area contributed by atoms with E-state index in [0.29, 0.717) is 11.4 Å². The number of aryl methyl sites for hydroxylation is 1. The van der Waals surface area contributed by atoms with Crippen molar-refractivity contribution >= 4 is 21.2 Å². The van der Waals surface area contributed by atoms with Crippen LogP contribution in [0.2, 0.25) is 0 Å². The molecule has 0 amide bonds. The van der Waals surface area contributed by atoms with E-state index in [4.69, 9.17) is 4.74 Å². The molecule has 0 unspecified atom stereocenters. The van der Waals surface area contributed by atoms with Crippen molar-refractivity contribution in [2.75, 3.05) is 7.11 Å². The number of nitrogens with zero attached hydrogens (tertiary/aromatic N) is 1. The Morgan fingerprint density at radius 2 is 2.11 bits per heavy atom. The molecule has 0 aliphatic carbocycles. The summed E-state index contributed by atoms with van der Waals surface area (Å²) in [5.74, 6) is 0.646. The molecule has 0 fully saturated rings. The topological polar surface area (TPSA) is 56.3 Å². The molecule has 1 heterocycles. The molecule has 1 aromatic carbocycles. The fourth-order valence-electron chi connectivity index (χ4n) is 1.77. The zero-order chi connectivity index (χ0) is 13.9. The molecule has 0 aliphatic rings. The minimum atomic E-state index is -3.21. The summed E-state index contributed by atoms with van der Waals surface area (Å²) in [4.78, 5) is 4.19. The van der Waals surface area contributed by atoms with E-state index >= 15 is 0 Å². The molecule has 2 aromatic rings. The number of rotatable bonds is 5. The minimum Gasteiger partial charge on any atom is -0.497 e. The van der Waals surface area contributed by atoms with Crippen LogP contribution < -0.4 is 4.74 Å². The van der Waals surface area contributed by atoms with Gasteiger partial charge in [-0.1, -0.05) is 12.1 Å². The van der Waals surface area contributed by atoms with Gasteiger partial charge < -0.3 is 4.74 Å². The van der Waals surface area contributed by atoms with Crippen molar-refractivity contribution in [1.29, 1.82) is 0 Å².